The zero-order chi connectivity index (χ0) is 14.4. The van der Waals surface area contributed by atoms with Crippen LogP contribution in [-0.4, -0.2) is 17.4 Å². The van der Waals surface area contributed by atoms with Gasteiger partial charge in [-0.05, 0) is 34.2 Å². The molecule has 0 unspecified atom stereocenters. The summed E-state index contributed by atoms with van der Waals surface area (Å²) in [7, 11) is 0. The van der Waals surface area contributed by atoms with Gasteiger partial charge < -0.3 is 4.74 Å². The molecule has 1 aromatic carbocycles. The summed E-state index contributed by atoms with van der Waals surface area (Å²) in [6.45, 7) is 0.167. The molecule has 6 heteroatoms. The highest BCUT2D eigenvalue weighted by atomic mass is 127. The number of benzene rings is 1. The van der Waals surface area contributed by atoms with Crippen LogP contribution in [0.1, 0.15) is 16.1 Å². The number of hydrogen-bond donors (Lipinski definition) is 1. The maximum atomic E-state index is 11.7. The average Bonchev–Trinajstić information content (AvgIpc) is 2.46. The van der Waals surface area contributed by atoms with Gasteiger partial charge in [0, 0.05) is 9.77 Å². The average molecular weight is 382 g/mol. The second-order valence-corrected chi connectivity index (χ2v) is 5.14. The number of halogens is 1. The molecule has 20 heavy (non-hydrogen) atoms. The Labute approximate surface area is 129 Å². The predicted octanol–water partition coefficient (Wildman–Crippen LogP) is 3.25. The molecule has 1 aromatic heterocycles. The third kappa shape index (κ3) is 4.02. The molecule has 1 heterocycles. The second-order valence-electron chi connectivity index (χ2n) is 3.89. The fraction of sp³-hybridized carbons (Fsp3) is 0.0714. The highest BCUT2D eigenvalue weighted by Crippen LogP contribution is 2.15. The molecule has 0 bridgehead atoms. The van der Waals surface area contributed by atoms with E-state index in [0.29, 0.717) is 12.0 Å². The highest BCUT2D eigenvalue weighted by molar-refractivity contribution is 14.1. The van der Waals surface area contributed by atoms with Crippen molar-refractivity contribution >= 4 is 40.7 Å². The number of carbonyl (C=O) groups is 2. The van der Waals surface area contributed by atoms with Crippen LogP contribution in [0, 0.1) is 3.57 Å². The van der Waals surface area contributed by atoms with Gasteiger partial charge in [0.2, 0.25) is 0 Å². The molecule has 0 saturated carbocycles. The van der Waals surface area contributed by atoms with Crippen molar-refractivity contribution in [2.45, 2.75) is 6.61 Å². The number of ether oxygens (including phenoxy) is 1. The molecule has 1 N–H and O–H groups in total. The summed E-state index contributed by atoms with van der Waals surface area (Å²) in [5.74, 6) is 0. The molecule has 5 nitrogen and oxygen atoms in total. The summed E-state index contributed by atoms with van der Waals surface area (Å²) < 4.78 is 5.89. The van der Waals surface area contributed by atoms with E-state index in [1.165, 1.54) is 0 Å². The number of carbonyl (C=O) groups excluding carboxylic acids is 2. The first-order chi connectivity index (χ1) is 9.69. The summed E-state index contributed by atoms with van der Waals surface area (Å²) in [5, 5.41) is 2.51. The summed E-state index contributed by atoms with van der Waals surface area (Å²) in [6, 6.07) is 11.0. The molecule has 0 saturated heterocycles. The van der Waals surface area contributed by atoms with Crippen molar-refractivity contribution in [3.63, 3.8) is 0 Å². The summed E-state index contributed by atoms with van der Waals surface area (Å²) in [5.41, 5.74) is 1.39. The molecular formula is C14H11IN2O3. The Kier molecular flexibility index (Phi) is 5.05. The number of nitrogens with one attached hydrogen (secondary N) is 1. The monoisotopic (exact) mass is 382 g/mol. The van der Waals surface area contributed by atoms with Crippen LogP contribution in [0.2, 0.25) is 0 Å². The van der Waals surface area contributed by atoms with Crippen LogP contribution in [0.25, 0.3) is 0 Å². The second kappa shape index (κ2) is 6.99. The van der Waals surface area contributed by atoms with Crippen LogP contribution in [0.3, 0.4) is 0 Å². The fourth-order valence-corrected chi connectivity index (χ4v) is 1.96. The van der Waals surface area contributed by atoms with E-state index >= 15 is 0 Å². The summed E-state index contributed by atoms with van der Waals surface area (Å²) in [4.78, 5) is 26.5. The van der Waals surface area contributed by atoms with E-state index in [4.69, 9.17) is 4.74 Å². The number of nitrogens with zero attached hydrogens (tertiary/aromatic N) is 1. The van der Waals surface area contributed by atoms with Crippen LogP contribution in [-0.2, 0) is 11.3 Å². The van der Waals surface area contributed by atoms with Gasteiger partial charge >= 0.3 is 6.09 Å². The number of amides is 1. The predicted molar refractivity (Wildman–Crippen MR) is 82.6 cm³/mol. The number of hydrogen-bond acceptors (Lipinski definition) is 4. The van der Waals surface area contributed by atoms with Crippen molar-refractivity contribution in [2.24, 2.45) is 0 Å². The molecule has 0 spiro atoms. The molecule has 0 atom stereocenters. The summed E-state index contributed by atoms with van der Waals surface area (Å²) in [6.07, 6.45) is 1.51. The third-order valence-electron chi connectivity index (χ3n) is 2.45. The smallest absolute Gasteiger partial charge is 0.412 e. The largest absolute Gasteiger partial charge is 0.444 e. The first kappa shape index (κ1) is 14.4. The molecule has 2 rings (SSSR count). The third-order valence-corrected chi connectivity index (χ3v) is 3.04. The molecule has 0 fully saturated rings. The van der Waals surface area contributed by atoms with Crippen molar-refractivity contribution in [2.75, 3.05) is 5.32 Å². The molecule has 102 valence electrons. The lowest BCUT2D eigenvalue weighted by molar-refractivity contribution is 0.112. The zero-order valence-electron chi connectivity index (χ0n) is 10.4. The Morgan fingerprint density at radius 2 is 2.10 bits per heavy atom. The lowest BCUT2D eigenvalue weighted by Crippen LogP contribution is -2.15. The lowest BCUT2D eigenvalue weighted by Gasteiger charge is -2.08. The zero-order valence-corrected chi connectivity index (χ0v) is 12.5. The van der Waals surface area contributed by atoms with Gasteiger partial charge in [0.1, 0.15) is 12.3 Å². The number of aromatic nitrogens is 1. The van der Waals surface area contributed by atoms with Gasteiger partial charge in [0.15, 0.2) is 6.29 Å². The minimum absolute atomic E-state index is 0.167. The highest BCUT2D eigenvalue weighted by Gasteiger charge is 2.09. The Morgan fingerprint density at radius 1 is 1.35 bits per heavy atom. The van der Waals surface area contributed by atoms with Gasteiger partial charge in [-0.2, -0.15) is 0 Å². The van der Waals surface area contributed by atoms with E-state index < -0.39 is 6.09 Å². The molecule has 0 aliphatic heterocycles. The van der Waals surface area contributed by atoms with E-state index in [-0.39, 0.29) is 12.3 Å². The summed E-state index contributed by atoms with van der Waals surface area (Å²) >= 11 is 2.05. The van der Waals surface area contributed by atoms with E-state index in [2.05, 4.69) is 10.3 Å². The molecule has 2 aromatic rings. The van der Waals surface area contributed by atoms with Crippen molar-refractivity contribution in [1.82, 2.24) is 4.98 Å². The topological polar surface area (TPSA) is 68.3 Å². The first-order valence-corrected chi connectivity index (χ1v) is 6.85. The lowest BCUT2D eigenvalue weighted by atomic mass is 10.2. The molecule has 0 aliphatic carbocycles. The Bertz CT molecular complexity index is 617. The number of anilines is 1. The first-order valence-electron chi connectivity index (χ1n) is 5.77. The number of rotatable bonds is 4. The van der Waals surface area contributed by atoms with Crippen molar-refractivity contribution in [3.8, 4) is 0 Å². The molecule has 0 aliphatic rings. The number of aldehydes is 1. The van der Waals surface area contributed by atoms with Gasteiger partial charge in [0.05, 0.1) is 5.69 Å². The molecule has 0 radical (unpaired) electrons. The Morgan fingerprint density at radius 3 is 2.80 bits per heavy atom. The van der Waals surface area contributed by atoms with Gasteiger partial charge in [-0.15, -0.1) is 0 Å². The van der Waals surface area contributed by atoms with Crippen LogP contribution < -0.4 is 5.32 Å². The van der Waals surface area contributed by atoms with Crippen LogP contribution in [0.15, 0.2) is 42.6 Å². The normalized spacial score (nSPS) is 9.85. The van der Waals surface area contributed by atoms with Gasteiger partial charge in [0.25, 0.3) is 0 Å². The van der Waals surface area contributed by atoms with Crippen LogP contribution in [0.5, 0.6) is 0 Å². The van der Waals surface area contributed by atoms with E-state index in [9.17, 15) is 9.59 Å². The van der Waals surface area contributed by atoms with Gasteiger partial charge in [-0.1, -0.05) is 30.3 Å². The van der Waals surface area contributed by atoms with E-state index in [1.807, 2.05) is 52.9 Å². The van der Waals surface area contributed by atoms with Gasteiger partial charge in [-0.3, -0.25) is 15.1 Å². The Hall–Kier alpha value is -1.96. The quantitative estimate of drug-likeness (QED) is 0.651. The molecule has 1 amide bonds. The van der Waals surface area contributed by atoms with E-state index in [0.717, 1.165) is 9.13 Å². The maximum Gasteiger partial charge on any atom is 0.412 e. The molecular weight excluding hydrogens is 371 g/mol. The van der Waals surface area contributed by atoms with Crippen molar-refractivity contribution in [1.29, 1.82) is 0 Å². The minimum atomic E-state index is -0.624. The standard InChI is InChI=1S/C14H11IN2O3/c15-11-6-12(13(8-18)16-7-11)17-14(19)20-9-10-4-2-1-3-5-10/h1-8H,9H2,(H,17,19). The van der Waals surface area contributed by atoms with Crippen LogP contribution in [0.4, 0.5) is 10.5 Å². The maximum absolute atomic E-state index is 11.7. The minimum Gasteiger partial charge on any atom is -0.444 e. The van der Waals surface area contributed by atoms with Gasteiger partial charge in [-0.25, -0.2) is 4.79 Å². The SMILES string of the molecule is O=Cc1ncc(I)cc1NC(=O)OCc1ccccc1. The number of pyridine rings is 1. The van der Waals surface area contributed by atoms with E-state index in [1.54, 1.807) is 12.3 Å². The van der Waals surface area contributed by atoms with Crippen LogP contribution >= 0.6 is 22.6 Å². The van der Waals surface area contributed by atoms with Crippen molar-refractivity contribution in [3.05, 3.63) is 57.4 Å². The van der Waals surface area contributed by atoms with Crippen molar-refractivity contribution < 1.29 is 14.3 Å². The Balaban J connectivity index is 1.98. The fourth-order valence-electron chi connectivity index (χ4n) is 1.51.